The number of fused-ring (bicyclic) bond motifs is 2. The lowest BCUT2D eigenvalue weighted by atomic mass is 10.00. The first-order chi connectivity index (χ1) is 15.6. The fourth-order valence-electron chi connectivity index (χ4n) is 3.85. The van der Waals surface area contributed by atoms with Crippen LogP contribution in [0.4, 0.5) is 5.69 Å². The van der Waals surface area contributed by atoms with E-state index in [0.717, 1.165) is 19.5 Å². The zero-order chi connectivity index (χ0) is 21.9. The van der Waals surface area contributed by atoms with Crippen molar-refractivity contribution in [2.75, 3.05) is 25.3 Å². The maximum Gasteiger partial charge on any atom is 0.262 e. The molecule has 2 aliphatic rings. The molecule has 0 bridgehead atoms. The van der Waals surface area contributed by atoms with Crippen molar-refractivity contribution < 1.29 is 23.4 Å². The quantitative estimate of drug-likeness (QED) is 0.638. The number of carbonyl (C=O) groups is 1. The molecule has 0 aliphatic carbocycles. The normalized spacial score (nSPS) is 14.6. The lowest BCUT2D eigenvalue weighted by Crippen LogP contribution is -2.30. The predicted octanol–water partition coefficient (Wildman–Crippen LogP) is 2.94. The maximum absolute atomic E-state index is 12.4. The topological polar surface area (TPSA) is 90.2 Å². The molecule has 1 amide bonds. The lowest BCUT2D eigenvalue weighted by Gasteiger charge is -2.28. The predicted molar refractivity (Wildman–Crippen MR) is 116 cm³/mol. The Hall–Kier alpha value is -3.78. The Morgan fingerprint density at radius 3 is 2.78 bits per heavy atom. The van der Waals surface area contributed by atoms with Gasteiger partial charge in [0.25, 0.3) is 5.91 Å². The second-order valence-corrected chi connectivity index (χ2v) is 7.71. The lowest BCUT2D eigenvalue weighted by molar-refractivity contribution is -0.118. The summed E-state index contributed by atoms with van der Waals surface area (Å²) in [6.07, 6.45) is 2.24. The zero-order valence-corrected chi connectivity index (χ0v) is 17.3. The van der Waals surface area contributed by atoms with Crippen molar-refractivity contribution in [1.29, 1.82) is 0 Å². The molecule has 5 rings (SSSR count). The Bertz CT molecular complexity index is 1210. The van der Waals surface area contributed by atoms with Crippen LogP contribution in [-0.2, 0) is 24.3 Å². The number of ether oxygens (including phenoxy) is 3. The van der Waals surface area contributed by atoms with Gasteiger partial charge in [0.1, 0.15) is 12.0 Å². The molecule has 0 spiro atoms. The van der Waals surface area contributed by atoms with Crippen LogP contribution in [0.5, 0.6) is 17.2 Å². The van der Waals surface area contributed by atoms with Crippen molar-refractivity contribution in [3.8, 4) is 17.2 Å². The summed E-state index contributed by atoms with van der Waals surface area (Å²) < 4.78 is 21.5. The number of anilines is 1. The maximum atomic E-state index is 12.4. The summed E-state index contributed by atoms with van der Waals surface area (Å²) in [4.78, 5) is 26.8. The molecule has 2 aliphatic heterocycles. The number of benzene rings is 2. The van der Waals surface area contributed by atoms with Gasteiger partial charge in [0, 0.05) is 30.9 Å². The van der Waals surface area contributed by atoms with Gasteiger partial charge in [-0.3, -0.25) is 14.5 Å². The smallest absolute Gasteiger partial charge is 0.262 e. The van der Waals surface area contributed by atoms with Crippen LogP contribution < -0.4 is 25.0 Å². The summed E-state index contributed by atoms with van der Waals surface area (Å²) in [5, 5.41) is 2.70. The van der Waals surface area contributed by atoms with E-state index in [0.29, 0.717) is 29.5 Å². The van der Waals surface area contributed by atoms with E-state index in [-0.39, 0.29) is 24.6 Å². The zero-order valence-electron chi connectivity index (χ0n) is 17.3. The minimum absolute atomic E-state index is 0.00132. The van der Waals surface area contributed by atoms with Crippen LogP contribution in [0.3, 0.4) is 0 Å². The van der Waals surface area contributed by atoms with E-state index in [1.807, 2.05) is 6.07 Å². The summed E-state index contributed by atoms with van der Waals surface area (Å²) in [7, 11) is 0. The summed E-state index contributed by atoms with van der Waals surface area (Å²) in [5.41, 5.74) is 2.90. The van der Waals surface area contributed by atoms with E-state index < -0.39 is 5.91 Å². The molecule has 1 N–H and O–H groups in total. The molecule has 3 aromatic rings. The number of nitrogens with one attached hydrogen (secondary N) is 1. The van der Waals surface area contributed by atoms with E-state index in [2.05, 4.69) is 28.4 Å². The molecule has 32 heavy (non-hydrogen) atoms. The van der Waals surface area contributed by atoms with E-state index in [9.17, 15) is 9.59 Å². The van der Waals surface area contributed by atoms with E-state index in [1.54, 1.807) is 18.2 Å². The molecular formula is C24H22N2O6. The first-order valence-electron chi connectivity index (χ1n) is 10.4. The standard InChI is InChI=1S/C24H22N2O6/c27-20-10-19(12-26-8-7-16-3-1-2-4-17(16)11-26)29-13-23(20)30-14-24(28)25-18-5-6-21-22(9-18)32-15-31-21/h1-6,9-10,13H,7-8,11-12,14-15H2,(H,25,28). The van der Waals surface area contributed by atoms with Crippen LogP contribution in [0, 0.1) is 0 Å². The Labute approximate surface area is 184 Å². The molecule has 0 fully saturated rings. The number of hydrogen-bond acceptors (Lipinski definition) is 7. The van der Waals surface area contributed by atoms with Crippen molar-refractivity contribution >= 4 is 11.6 Å². The molecule has 0 radical (unpaired) electrons. The Kier molecular flexibility index (Phi) is 5.51. The second-order valence-electron chi connectivity index (χ2n) is 7.71. The Balaban J connectivity index is 1.15. The number of rotatable bonds is 6. The Morgan fingerprint density at radius 2 is 1.91 bits per heavy atom. The van der Waals surface area contributed by atoms with Gasteiger partial charge in [0.2, 0.25) is 18.0 Å². The fourth-order valence-corrected chi connectivity index (χ4v) is 3.85. The van der Waals surface area contributed by atoms with Gasteiger partial charge in [-0.1, -0.05) is 24.3 Å². The average Bonchev–Trinajstić information content (AvgIpc) is 3.26. The number of amides is 1. The van der Waals surface area contributed by atoms with E-state index in [4.69, 9.17) is 18.6 Å². The molecular weight excluding hydrogens is 412 g/mol. The third-order valence-electron chi connectivity index (χ3n) is 5.46. The van der Waals surface area contributed by atoms with Crippen LogP contribution in [-0.4, -0.2) is 30.8 Å². The molecule has 3 heterocycles. The minimum atomic E-state index is -0.403. The monoisotopic (exact) mass is 434 g/mol. The van der Waals surface area contributed by atoms with Crippen molar-refractivity contribution in [3.05, 3.63) is 81.9 Å². The summed E-state index contributed by atoms with van der Waals surface area (Å²) >= 11 is 0. The van der Waals surface area contributed by atoms with Crippen molar-refractivity contribution in [2.45, 2.75) is 19.5 Å². The molecule has 0 atom stereocenters. The van der Waals surface area contributed by atoms with Crippen LogP contribution in [0.1, 0.15) is 16.9 Å². The largest absolute Gasteiger partial charge is 0.477 e. The average molecular weight is 434 g/mol. The van der Waals surface area contributed by atoms with Crippen LogP contribution >= 0.6 is 0 Å². The third kappa shape index (κ3) is 4.45. The second kappa shape index (κ2) is 8.76. The summed E-state index contributed by atoms with van der Waals surface area (Å²) in [6.45, 7) is 2.10. The SMILES string of the molecule is O=C(COc1coc(CN2CCc3ccccc3C2)cc1=O)Nc1ccc2c(c1)OCO2. The Morgan fingerprint density at radius 1 is 1.06 bits per heavy atom. The first-order valence-corrected chi connectivity index (χ1v) is 10.4. The number of nitrogens with zero attached hydrogens (tertiary/aromatic N) is 1. The summed E-state index contributed by atoms with van der Waals surface area (Å²) in [6, 6.07) is 14.9. The van der Waals surface area contributed by atoms with Crippen LogP contribution in [0.15, 0.2) is 64.0 Å². The van der Waals surface area contributed by atoms with Crippen LogP contribution in [0.25, 0.3) is 0 Å². The van der Waals surface area contributed by atoms with Gasteiger partial charge in [-0.25, -0.2) is 0 Å². The van der Waals surface area contributed by atoms with Gasteiger partial charge in [0.15, 0.2) is 18.1 Å². The minimum Gasteiger partial charge on any atom is -0.477 e. The molecule has 8 nitrogen and oxygen atoms in total. The van der Waals surface area contributed by atoms with Crippen molar-refractivity contribution in [2.24, 2.45) is 0 Å². The van der Waals surface area contributed by atoms with Crippen LogP contribution in [0.2, 0.25) is 0 Å². The van der Waals surface area contributed by atoms with Gasteiger partial charge in [-0.2, -0.15) is 0 Å². The van der Waals surface area contributed by atoms with Crippen molar-refractivity contribution in [3.63, 3.8) is 0 Å². The molecule has 0 saturated heterocycles. The van der Waals surface area contributed by atoms with Gasteiger partial charge in [0.05, 0.1) is 6.54 Å². The fraction of sp³-hybridized carbons (Fsp3) is 0.250. The highest BCUT2D eigenvalue weighted by atomic mass is 16.7. The van der Waals surface area contributed by atoms with Gasteiger partial charge in [-0.05, 0) is 29.7 Å². The molecule has 164 valence electrons. The number of hydrogen-bond donors (Lipinski definition) is 1. The molecule has 1 aromatic heterocycles. The highest BCUT2D eigenvalue weighted by Crippen LogP contribution is 2.34. The van der Waals surface area contributed by atoms with Crippen molar-refractivity contribution in [1.82, 2.24) is 4.90 Å². The summed E-state index contributed by atoms with van der Waals surface area (Å²) in [5.74, 6) is 1.35. The van der Waals surface area contributed by atoms with E-state index in [1.165, 1.54) is 23.5 Å². The van der Waals surface area contributed by atoms with Gasteiger partial charge >= 0.3 is 0 Å². The molecule has 8 heteroatoms. The highest BCUT2D eigenvalue weighted by molar-refractivity contribution is 5.92. The molecule has 2 aromatic carbocycles. The van der Waals surface area contributed by atoms with Gasteiger partial charge < -0.3 is 23.9 Å². The molecule has 0 unspecified atom stereocenters. The third-order valence-corrected chi connectivity index (χ3v) is 5.46. The van der Waals surface area contributed by atoms with E-state index >= 15 is 0 Å². The first kappa shape index (κ1) is 20.1. The molecule has 0 saturated carbocycles. The number of carbonyl (C=O) groups excluding carboxylic acids is 1. The van der Waals surface area contributed by atoms with Gasteiger partial charge in [-0.15, -0.1) is 0 Å². The highest BCUT2D eigenvalue weighted by Gasteiger charge is 2.18.